The Balaban J connectivity index is 1.45. The second kappa shape index (κ2) is 14.5. The largest absolute Gasteiger partial charge is 0.481 e. The van der Waals surface area contributed by atoms with Crippen molar-refractivity contribution in [3.05, 3.63) is 107 Å². The maximum atomic E-state index is 13.8. The number of thiocarbonyl (C=S) groups is 1. The lowest BCUT2D eigenvalue weighted by Crippen LogP contribution is -2.46. The number of halogens is 3. The molecular weight excluding hydrogens is 591 g/mol. The van der Waals surface area contributed by atoms with Gasteiger partial charge in [0.05, 0.1) is 48.9 Å². The fourth-order valence-electron chi connectivity index (χ4n) is 4.52. The number of carbonyl (C=O) groups excluding carboxylic acids is 1. The number of pyridine rings is 1. The van der Waals surface area contributed by atoms with Gasteiger partial charge in [0.15, 0.2) is 5.11 Å². The molecule has 0 radical (unpaired) electrons. The third-order valence-corrected chi connectivity index (χ3v) is 7.01. The van der Waals surface area contributed by atoms with Crippen molar-refractivity contribution < 1.29 is 22.7 Å². The van der Waals surface area contributed by atoms with Crippen LogP contribution in [0.3, 0.4) is 0 Å². The molecule has 44 heavy (non-hydrogen) atoms. The van der Waals surface area contributed by atoms with Gasteiger partial charge in [0.2, 0.25) is 11.8 Å². The van der Waals surface area contributed by atoms with E-state index in [1.807, 2.05) is 16.7 Å². The highest BCUT2D eigenvalue weighted by molar-refractivity contribution is 7.80. The van der Waals surface area contributed by atoms with Crippen LogP contribution in [0, 0.1) is 11.3 Å². The van der Waals surface area contributed by atoms with Crippen molar-refractivity contribution >= 4 is 28.9 Å². The highest BCUT2D eigenvalue weighted by Gasteiger charge is 2.33. The molecule has 0 fully saturated rings. The van der Waals surface area contributed by atoms with Gasteiger partial charge in [0.1, 0.15) is 0 Å². The Hall–Kier alpha value is -4.96. The molecule has 0 saturated carbocycles. The van der Waals surface area contributed by atoms with E-state index in [9.17, 15) is 18.0 Å². The average Bonchev–Trinajstić information content (AvgIpc) is 3.43. The van der Waals surface area contributed by atoms with E-state index in [-0.39, 0.29) is 36.1 Å². The first kappa shape index (κ1) is 32.0. The first-order chi connectivity index (χ1) is 21.0. The smallest absolute Gasteiger partial charge is 0.416 e. The summed E-state index contributed by atoms with van der Waals surface area (Å²) in [5.74, 6) is 0.111. The normalized spacial score (nSPS) is 11.7. The van der Waals surface area contributed by atoms with Gasteiger partial charge >= 0.3 is 6.18 Å². The molecule has 2 N–H and O–H groups in total. The van der Waals surface area contributed by atoms with Gasteiger partial charge in [-0.1, -0.05) is 30.3 Å². The Bertz CT molecular complexity index is 1620. The number of aromatic nitrogens is 3. The van der Waals surface area contributed by atoms with Crippen molar-refractivity contribution in [1.82, 2.24) is 24.8 Å². The fraction of sp³-hybridized carbons (Fsp3) is 0.258. The number of alkyl halides is 3. The molecule has 4 aromatic rings. The van der Waals surface area contributed by atoms with E-state index in [2.05, 4.69) is 26.7 Å². The van der Waals surface area contributed by atoms with E-state index in [1.54, 1.807) is 54.7 Å². The van der Waals surface area contributed by atoms with Crippen LogP contribution in [0.4, 0.5) is 18.9 Å². The van der Waals surface area contributed by atoms with E-state index in [0.717, 1.165) is 11.6 Å². The summed E-state index contributed by atoms with van der Waals surface area (Å²) in [5, 5.41) is 15.1. The van der Waals surface area contributed by atoms with Crippen molar-refractivity contribution in [2.24, 2.45) is 0 Å². The van der Waals surface area contributed by atoms with Crippen LogP contribution in [0.2, 0.25) is 0 Å². The minimum atomic E-state index is -4.54. The zero-order valence-corrected chi connectivity index (χ0v) is 24.8. The van der Waals surface area contributed by atoms with Gasteiger partial charge in [-0.15, -0.1) is 0 Å². The molecule has 0 aliphatic carbocycles. The number of amides is 1. The van der Waals surface area contributed by atoms with Crippen LogP contribution in [0.25, 0.3) is 0 Å². The topological polar surface area (TPSA) is 108 Å². The van der Waals surface area contributed by atoms with E-state index < -0.39 is 17.8 Å². The molecule has 4 rings (SSSR count). The molecule has 1 atom stereocenters. The summed E-state index contributed by atoms with van der Waals surface area (Å²) in [5.41, 5.74) is 1.99. The van der Waals surface area contributed by atoms with Gasteiger partial charge < -0.3 is 24.8 Å². The molecule has 1 amide bonds. The number of hydrogen-bond donors (Lipinski definition) is 2. The van der Waals surface area contributed by atoms with Crippen LogP contribution in [0.5, 0.6) is 5.88 Å². The predicted octanol–water partition coefficient (Wildman–Crippen LogP) is 5.17. The summed E-state index contributed by atoms with van der Waals surface area (Å²) in [6, 6.07) is 17.4. The van der Waals surface area contributed by atoms with Crippen LogP contribution >= 0.6 is 12.2 Å². The predicted molar refractivity (Wildman–Crippen MR) is 163 cm³/mol. The van der Waals surface area contributed by atoms with Crippen LogP contribution in [-0.4, -0.2) is 50.2 Å². The summed E-state index contributed by atoms with van der Waals surface area (Å²) >= 11 is 5.61. The number of nitriles is 1. The van der Waals surface area contributed by atoms with Crippen LogP contribution < -0.4 is 15.4 Å². The Kier molecular flexibility index (Phi) is 10.5. The number of nitrogens with one attached hydrogen (secondary N) is 2. The second-order valence-electron chi connectivity index (χ2n) is 10.0. The van der Waals surface area contributed by atoms with Crippen molar-refractivity contribution in [3.8, 4) is 11.9 Å². The Morgan fingerprint density at radius 3 is 2.55 bits per heavy atom. The van der Waals surface area contributed by atoms with Gasteiger partial charge in [-0.3, -0.25) is 4.79 Å². The highest BCUT2D eigenvalue weighted by Crippen LogP contribution is 2.32. The van der Waals surface area contributed by atoms with Gasteiger partial charge in [-0.25, -0.2) is 9.97 Å². The summed E-state index contributed by atoms with van der Waals surface area (Å²) < 4.78 is 48.2. The van der Waals surface area contributed by atoms with Crippen molar-refractivity contribution in [2.45, 2.75) is 38.7 Å². The number of nitrogens with zero attached hydrogens (tertiary/aromatic N) is 5. The molecule has 2 aromatic carbocycles. The number of rotatable bonds is 11. The molecule has 13 heteroatoms. The van der Waals surface area contributed by atoms with E-state index >= 15 is 0 Å². The van der Waals surface area contributed by atoms with Crippen LogP contribution in [0.15, 0.2) is 79.4 Å². The van der Waals surface area contributed by atoms with Crippen LogP contribution in [-0.2, 0) is 30.5 Å². The molecule has 0 unspecified atom stereocenters. The number of imidazole rings is 1. The van der Waals surface area contributed by atoms with Gasteiger partial charge in [-0.05, 0) is 54.5 Å². The lowest BCUT2D eigenvalue weighted by Gasteiger charge is -2.30. The fourth-order valence-corrected chi connectivity index (χ4v) is 4.78. The van der Waals surface area contributed by atoms with Gasteiger partial charge in [0, 0.05) is 43.6 Å². The van der Waals surface area contributed by atoms with Crippen molar-refractivity contribution in [2.75, 3.05) is 19.0 Å². The van der Waals surface area contributed by atoms with Crippen molar-refractivity contribution in [1.29, 1.82) is 5.26 Å². The third kappa shape index (κ3) is 8.78. The van der Waals surface area contributed by atoms with Gasteiger partial charge in [0.25, 0.3) is 0 Å². The SMILES string of the molecule is COc1ccc(NC(=S)N(Cc2ccccc2C(F)(F)F)C[C@H](C)NC(=O)Cc2cncn2Cc2ccc(C#N)cc2)cn1. The minimum absolute atomic E-state index is 0.0394. The molecule has 0 spiro atoms. The zero-order chi connectivity index (χ0) is 31.7. The summed E-state index contributed by atoms with van der Waals surface area (Å²) in [6.07, 6.45) is 0.229. The zero-order valence-electron chi connectivity index (χ0n) is 24.0. The maximum absolute atomic E-state index is 13.8. The molecule has 0 saturated heterocycles. The summed E-state index contributed by atoms with van der Waals surface area (Å²) in [4.78, 5) is 22.9. The monoisotopic (exact) mass is 621 g/mol. The summed E-state index contributed by atoms with van der Waals surface area (Å²) in [7, 11) is 1.48. The lowest BCUT2D eigenvalue weighted by atomic mass is 10.1. The standard InChI is InChI=1S/C31H30F3N7O2S/c1-21(38-28(42)13-26-16-36-20-41(26)18-23-9-7-22(14-35)8-10-23)17-40(19-24-5-3-4-6-27(24)31(32,33)34)30(44)39-25-11-12-29(43-2)37-15-25/h3-12,15-16,20-21H,13,17-19H2,1-2H3,(H,38,42)(H,39,44)/t21-/m0/s1. The number of hydrogen-bond acceptors (Lipinski definition) is 6. The molecule has 0 bridgehead atoms. The second-order valence-corrected chi connectivity index (χ2v) is 10.4. The van der Waals surface area contributed by atoms with Crippen molar-refractivity contribution in [3.63, 3.8) is 0 Å². The van der Waals surface area contributed by atoms with Gasteiger partial charge in [-0.2, -0.15) is 18.4 Å². The molecular formula is C31H30F3N7O2S. The van der Waals surface area contributed by atoms with Crippen LogP contribution in [0.1, 0.15) is 34.9 Å². The summed E-state index contributed by atoms with van der Waals surface area (Å²) in [6.45, 7) is 2.20. The molecule has 0 aliphatic heterocycles. The number of ether oxygens (including phenoxy) is 1. The highest BCUT2D eigenvalue weighted by atomic mass is 32.1. The third-order valence-electron chi connectivity index (χ3n) is 6.65. The first-order valence-corrected chi connectivity index (χ1v) is 13.9. The number of methoxy groups -OCH3 is 1. The maximum Gasteiger partial charge on any atom is 0.416 e. The number of carbonyl (C=O) groups is 1. The molecule has 228 valence electrons. The average molecular weight is 622 g/mol. The molecule has 2 heterocycles. The molecule has 0 aliphatic rings. The van der Waals surface area contributed by atoms with E-state index in [0.29, 0.717) is 29.4 Å². The first-order valence-electron chi connectivity index (χ1n) is 13.5. The molecule has 9 nitrogen and oxygen atoms in total. The van der Waals surface area contributed by atoms with E-state index in [1.165, 1.54) is 25.4 Å². The Morgan fingerprint density at radius 1 is 1.14 bits per heavy atom. The Morgan fingerprint density at radius 2 is 1.89 bits per heavy atom. The minimum Gasteiger partial charge on any atom is -0.481 e. The number of anilines is 1. The quantitative estimate of drug-likeness (QED) is 0.221. The van der Waals surface area contributed by atoms with E-state index in [4.69, 9.17) is 22.2 Å². The lowest BCUT2D eigenvalue weighted by molar-refractivity contribution is -0.138. The Labute approximate surface area is 258 Å². The number of benzene rings is 2. The molecule has 2 aromatic heterocycles.